The fourth-order valence-electron chi connectivity index (χ4n) is 2.46. The highest BCUT2D eigenvalue weighted by atomic mass is 15.1. The molecule has 0 heterocycles. The van der Waals surface area contributed by atoms with E-state index >= 15 is 0 Å². The number of fused-ring (bicyclic) bond motifs is 1. The van der Waals surface area contributed by atoms with E-state index in [-0.39, 0.29) is 0 Å². The molecule has 0 unspecified atom stereocenters. The van der Waals surface area contributed by atoms with Crippen LogP contribution in [0.2, 0.25) is 0 Å². The summed E-state index contributed by atoms with van der Waals surface area (Å²) < 4.78 is 0. The van der Waals surface area contributed by atoms with E-state index in [1.165, 1.54) is 31.2 Å². The molecule has 1 aliphatic rings. The highest BCUT2D eigenvalue weighted by Gasteiger charge is 2.09. The predicted octanol–water partition coefficient (Wildman–Crippen LogP) is 2.56. The molecule has 0 fully saturated rings. The van der Waals surface area contributed by atoms with Gasteiger partial charge in [-0.25, -0.2) is 0 Å². The first-order chi connectivity index (χ1) is 8.29. The van der Waals surface area contributed by atoms with Crippen molar-refractivity contribution in [2.45, 2.75) is 32.1 Å². The number of hydrogen-bond acceptors (Lipinski definition) is 2. The number of rotatable bonds is 4. The third-order valence-corrected chi connectivity index (χ3v) is 3.54. The maximum atomic E-state index is 8.60. The molecule has 1 aliphatic carbocycles. The molecule has 0 saturated carbocycles. The van der Waals surface area contributed by atoms with Gasteiger partial charge in [0.25, 0.3) is 0 Å². The standard InChI is InChI=1S/C15H20N2/c1-17(11-9-16)10-8-13-6-7-14-4-2-3-5-15(14)12-13/h6-7,12H,2-5,8,10-11H2,1H3. The van der Waals surface area contributed by atoms with Gasteiger partial charge in [-0.05, 0) is 55.8 Å². The molecule has 0 spiro atoms. The average Bonchev–Trinajstić information content (AvgIpc) is 2.36. The number of nitrogens with zero attached hydrogens (tertiary/aromatic N) is 2. The van der Waals surface area contributed by atoms with Crippen molar-refractivity contribution in [3.63, 3.8) is 0 Å². The SMILES string of the molecule is CN(CC#N)CCc1ccc2c(c1)CCCC2. The van der Waals surface area contributed by atoms with Crippen LogP contribution in [0.1, 0.15) is 29.5 Å². The Bertz CT molecular complexity index is 417. The Balaban J connectivity index is 1.95. The molecule has 0 atom stereocenters. The van der Waals surface area contributed by atoms with E-state index in [1.54, 1.807) is 11.1 Å². The molecule has 2 heteroatoms. The van der Waals surface area contributed by atoms with Crippen LogP contribution < -0.4 is 0 Å². The van der Waals surface area contributed by atoms with Gasteiger partial charge in [0.1, 0.15) is 0 Å². The predicted molar refractivity (Wildman–Crippen MR) is 69.9 cm³/mol. The minimum absolute atomic E-state index is 0.519. The first-order valence-corrected chi connectivity index (χ1v) is 6.46. The van der Waals surface area contributed by atoms with Gasteiger partial charge in [0, 0.05) is 6.54 Å². The second kappa shape index (κ2) is 5.84. The Morgan fingerprint density at radius 2 is 2.00 bits per heavy atom. The number of benzene rings is 1. The van der Waals surface area contributed by atoms with Crippen molar-refractivity contribution in [3.8, 4) is 6.07 Å². The lowest BCUT2D eigenvalue weighted by molar-refractivity contribution is 0.379. The first kappa shape index (κ1) is 12.1. The van der Waals surface area contributed by atoms with Crippen LogP contribution in [-0.4, -0.2) is 25.0 Å². The third-order valence-electron chi connectivity index (χ3n) is 3.54. The molecule has 0 aliphatic heterocycles. The summed E-state index contributed by atoms with van der Waals surface area (Å²) in [6, 6.07) is 9.10. The molecule has 0 N–H and O–H groups in total. The molecule has 0 aromatic heterocycles. The maximum Gasteiger partial charge on any atom is 0.0863 e. The molecule has 0 bridgehead atoms. The lowest BCUT2D eigenvalue weighted by Gasteiger charge is -2.17. The van der Waals surface area contributed by atoms with Gasteiger partial charge < -0.3 is 0 Å². The van der Waals surface area contributed by atoms with Crippen LogP contribution in [0, 0.1) is 11.3 Å². The Morgan fingerprint density at radius 1 is 1.24 bits per heavy atom. The summed E-state index contributed by atoms with van der Waals surface area (Å²) in [5, 5.41) is 8.60. The summed E-state index contributed by atoms with van der Waals surface area (Å²) in [5.74, 6) is 0. The van der Waals surface area contributed by atoms with E-state index in [1.807, 2.05) is 7.05 Å². The van der Waals surface area contributed by atoms with Crippen LogP contribution in [0.5, 0.6) is 0 Å². The number of hydrogen-bond donors (Lipinski definition) is 0. The molecule has 17 heavy (non-hydrogen) atoms. The fourth-order valence-corrected chi connectivity index (χ4v) is 2.46. The van der Waals surface area contributed by atoms with Crippen LogP contribution in [0.15, 0.2) is 18.2 Å². The van der Waals surface area contributed by atoms with E-state index in [9.17, 15) is 0 Å². The highest BCUT2D eigenvalue weighted by Crippen LogP contribution is 2.22. The van der Waals surface area contributed by atoms with E-state index in [0.29, 0.717) is 6.54 Å². The van der Waals surface area contributed by atoms with Crippen LogP contribution >= 0.6 is 0 Å². The molecule has 2 nitrogen and oxygen atoms in total. The second-order valence-electron chi connectivity index (χ2n) is 4.96. The summed E-state index contributed by atoms with van der Waals surface area (Å²) in [6.45, 7) is 1.48. The van der Waals surface area contributed by atoms with Crippen molar-refractivity contribution < 1.29 is 0 Å². The first-order valence-electron chi connectivity index (χ1n) is 6.46. The Kier molecular flexibility index (Phi) is 4.17. The summed E-state index contributed by atoms with van der Waals surface area (Å²) >= 11 is 0. The van der Waals surface area contributed by atoms with Gasteiger partial charge in [-0.1, -0.05) is 18.2 Å². The van der Waals surface area contributed by atoms with Gasteiger partial charge in [-0.15, -0.1) is 0 Å². The molecule has 1 aromatic rings. The zero-order valence-corrected chi connectivity index (χ0v) is 10.6. The Labute approximate surface area is 104 Å². The minimum Gasteiger partial charge on any atom is -0.293 e. The number of aryl methyl sites for hydroxylation is 2. The monoisotopic (exact) mass is 228 g/mol. The van der Waals surface area contributed by atoms with Gasteiger partial charge in [0.05, 0.1) is 12.6 Å². The summed E-state index contributed by atoms with van der Waals surface area (Å²) in [4.78, 5) is 2.07. The number of likely N-dealkylation sites (N-methyl/N-ethyl adjacent to an activating group) is 1. The summed E-state index contributed by atoms with van der Waals surface area (Å²) in [5.41, 5.74) is 4.51. The van der Waals surface area contributed by atoms with Crippen LogP contribution in [-0.2, 0) is 19.3 Å². The quantitative estimate of drug-likeness (QED) is 0.741. The molecular formula is C15H20N2. The molecule has 1 aromatic carbocycles. The maximum absolute atomic E-state index is 8.60. The van der Waals surface area contributed by atoms with Crippen LogP contribution in [0.4, 0.5) is 0 Å². The van der Waals surface area contributed by atoms with Crippen molar-refractivity contribution in [3.05, 3.63) is 34.9 Å². The third kappa shape index (κ3) is 3.31. The molecule has 0 radical (unpaired) electrons. The van der Waals surface area contributed by atoms with Crippen molar-refractivity contribution in [1.82, 2.24) is 4.90 Å². The van der Waals surface area contributed by atoms with Gasteiger partial charge >= 0.3 is 0 Å². The van der Waals surface area contributed by atoms with Crippen molar-refractivity contribution in [2.24, 2.45) is 0 Å². The molecule has 0 amide bonds. The van der Waals surface area contributed by atoms with E-state index in [2.05, 4.69) is 29.2 Å². The molecule has 90 valence electrons. The highest BCUT2D eigenvalue weighted by molar-refractivity contribution is 5.33. The topological polar surface area (TPSA) is 27.0 Å². The molecule has 0 saturated heterocycles. The smallest absolute Gasteiger partial charge is 0.0863 e. The zero-order chi connectivity index (χ0) is 12.1. The normalized spacial score (nSPS) is 14.4. The van der Waals surface area contributed by atoms with Crippen molar-refractivity contribution in [2.75, 3.05) is 20.1 Å². The lowest BCUT2D eigenvalue weighted by Crippen LogP contribution is -2.21. The van der Waals surface area contributed by atoms with Crippen LogP contribution in [0.3, 0.4) is 0 Å². The van der Waals surface area contributed by atoms with Crippen LogP contribution in [0.25, 0.3) is 0 Å². The Hall–Kier alpha value is -1.33. The largest absolute Gasteiger partial charge is 0.293 e. The van der Waals surface area contributed by atoms with Crippen molar-refractivity contribution in [1.29, 1.82) is 5.26 Å². The fraction of sp³-hybridized carbons (Fsp3) is 0.533. The Morgan fingerprint density at radius 3 is 2.76 bits per heavy atom. The van der Waals surface area contributed by atoms with E-state index in [0.717, 1.165) is 13.0 Å². The number of nitriles is 1. The summed E-state index contributed by atoms with van der Waals surface area (Å²) in [7, 11) is 2.00. The second-order valence-corrected chi connectivity index (χ2v) is 4.96. The van der Waals surface area contributed by atoms with Gasteiger partial charge in [0.2, 0.25) is 0 Å². The lowest BCUT2D eigenvalue weighted by atomic mass is 9.90. The van der Waals surface area contributed by atoms with Gasteiger partial charge in [-0.2, -0.15) is 5.26 Å². The molecular weight excluding hydrogens is 208 g/mol. The molecule has 2 rings (SSSR count). The zero-order valence-electron chi connectivity index (χ0n) is 10.6. The average molecular weight is 228 g/mol. The van der Waals surface area contributed by atoms with E-state index < -0.39 is 0 Å². The minimum atomic E-state index is 0.519. The summed E-state index contributed by atoms with van der Waals surface area (Å²) in [6.07, 6.45) is 6.23. The van der Waals surface area contributed by atoms with Gasteiger partial charge in [-0.3, -0.25) is 4.90 Å². The van der Waals surface area contributed by atoms with Crippen molar-refractivity contribution >= 4 is 0 Å². The van der Waals surface area contributed by atoms with E-state index in [4.69, 9.17) is 5.26 Å². The van der Waals surface area contributed by atoms with Gasteiger partial charge in [0.15, 0.2) is 0 Å².